The average Bonchev–Trinajstić information content (AvgIpc) is 4.10. The van der Waals surface area contributed by atoms with Crippen LogP contribution in [-0.4, -0.2) is 49.8 Å². The van der Waals surface area contributed by atoms with Crippen LogP contribution in [0, 0.1) is 62.3 Å². The molecule has 9 aromatic rings. The summed E-state index contributed by atoms with van der Waals surface area (Å²) < 4.78 is 0. The summed E-state index contributed by atoms with van der Waals surface area (Å²) in [5.74, 6) is 0.968. The second-order valence-electron chi connectivity index (χ2n) is 11.9. The molecule has 8 aromatic heterocycles. The predicted molar refractivity (Wildman–Crippen MR) is 252 cm³/mol. The fourth-order valence-corrected chi connectivity index (χ4v) is 4.77. The standard InChI is InChI=1S/C7H8.3C6H7N.2C4H6N2.3C4H5NS.CH4/c1-7-5-3-2-4-6-7;1-6-2-4-7-5-3-6;1-6-3-2-4-7-5-6;1-6-4-2-3-5-7-6;1-4-2-5-3-6-4;1-4-5-2-3-6-4;1-4-2-6-3-5-4;1-4-2-5-3-6-4;1-4-5-2-3-6-4;/h2-6H,1H3;3*2-5H,1H3;2*2-3H,1H3,(H,5,6);3*2-3H,1H3;1H4. The van der Waals surface area contributed by atoms with Gasteiger partial charge in [-0.25, -0.2) is 9.97 Å². The third-order valence-electron chi connectivity index (χ3n) is 6.35. The molecule has 312 valence electrons. The van der Waals surface area contributed by atoms with Crippen molar-refractivity contribution in [2.24, 2.45) is 0 Å². The smallest absolute Gasteiger partial charge is 0.102 e. The summed E-state index contributed by atoms with van der Waals surface area (Å²) in [5, 5.41) is 5.12. The third kappa shape index (κ3) is 34.9. The number of aromatic amines is 2. The number of pyridine rings is 3. The molecule has 0 atom stereocenters. The summed E-state index contributed by atoms with van der Waals surface area (Å²) in [6.07, 6.45) is 19.6. The van der Waals surface area contributed by atoms with Gasteiger partial charge in [0.2, 0.25) is 0 Å². The van der Waals surface area contributed by atoms with Gasteiger partial charge < -0.3 is 9.97 Å². The molecular weight excluding hydrogens is 789 g/mol. The quantitative estimate of drug-likeness (QED) is 0.154. The Kier molecular flexibility index (Phi) is 32.6. The number of benzene rings is 1. The maximum Gasteiger partial charge on any atom is 0.102 e. The Morgan fingerprint density at radius 3 is 1.41 bits per heavy atom. The lowest BCUT2D eigenvalue weighted by Gasteiger charge is -1.82. The molecule has 0 bridgehead atoms. The van der Waals surface area contributed by atoms with E-state index in [2.05, 4.69) is 68.9 Å². The van der Waals surface area contributed by atoms with Crippen molar-refractivity contribution in [3.8, 4) is 0 Å². The van der Waals surface area contributed by atoms with Gasteiger partial charge in [-0.2, -0.15) is 0 Å². The van der Waals surface area contributed by atoms with Crippen LogP contribution >= 0.6 is 34.0 Å². The molecule has 8 heterocycles. The zero-order valence-corrected chi connectivity index (χ0v) is 37.3. The highest BCUT2D eigenvalue weighted by Crippen LogP contribution is 2.00. The van der Waals surface area contributed by atoms with Crippen LogP contribution in [0.15, 0.2) is 163 Å². The third-order valence-corrected chi connectivity index (χ3v) is 8.46. The van der Waals surface area contributed by atoms with Crippen molar-refractivity contribution in [2.45, 2.75) is 69.7 Å². The van der Waals surface area contributed by atoms with Gasteiger partial charge in [-0.3, -0.25) is 29.9 Å². The van der Waals surface area contributed by atoms with Crippen LogP contribution in [0.1, 0.15) is 56.9 Å². The van der Waals surface area contributed by atoms with Crippen molar-refractivity contribution in [3.05, 3.63) is 212 Å². The molecule has 13 heteroatoms. The second-order valence-corrected chi connectivity index (χ2v) is 14.8. The van der Waals surface area contributed by atoms with E-state index in [1.807, 2.05) is 150 Å². The molecule has 0 spiro atoms. The number of imidazole rings is 2. The molecule has 0 saturated heterocycles. The SMILES string of the molecule is C.Cc1ccccc1.Cc1ccccn1.Cc1cccnc1.Cc1ccncc1.Cc1cnc[nH]1.Cc1cncs1.Cc1cscn1.Cc1ncc[nH]1.Cc1nccs1. The molecule has 1 aromatic carbocycles. The number of rotatable bonds is 0. The molecule has 0 aliphatic heterocycles. The van der Waals surface area contributed by atoms with Crippen molar-refractivity contribution in [3.63, 3.8) is 0 Å². The number of aryl methyl sites for hydroxylation is 9. The Morgan fingerprint density at radius 1 is 0.475 bits per heavy atom. The Morgan fingerprint density at radius 2 is 1.19 bits per heavy atom. The fraction of sp³-hybridized carbons (Fsp3) is 0.217. The Bertz CT molecular complexity index is 1740. The van der Waals surface area contributed by atoms with E-state index in [1.54, 1.807) is 89.9 Å². The summed E-state index contributed by atoms with van der Waals surface area (Å²) in [5.41, 5.74) is 10.7. The fourth-order valence-electron chi connectivity index (χ4n) is 3.37. The number of thiazole rings is 3. The number of hydrogen-bond acceptors (Lipinski definition) is 11. The molecule has 2 N–H and O–H groups in total. The van der Waals surface area contributed by atoms with Crippen molar-refractivity contribution in [2.75, 3.05) is 0 Å². The molecule has 9 rings (SSSR count). The van der Waals surface area contributed by atoms with Crippen LogP contribution in [0.2, 0.25) is 0 Å². The van der Waals surface area contributed by atoms with Crippen LogP contribution in [0.4, 0.5) is 0 Å². The number of nitrogens with zero attached hydrogens (tertiary/aromatic N) is 8. The molecule has 59 heavy (non-hydrogen) atoms. The van der Waals surface area contributed by atoms with Gasteiger partial charge in [-0.15, -0.1) is 34.0 Å². The number of aromatic nitrogens is 10. The minimum absolute atomic E-state index is 0. The van der Waals surface area contributed by atoms with Gasteiger partial charge in [0, 0.05) is 94.7 Å². The number of H-pyrrole nitrogens is 2. The largest absolute Gasteiger partial charge is 0.349 e. The first kappa shape index (κ1) is 53.0. The van der Waals surface area contributed by atoms with Gasteiger partial charge in [0.25, 0.3) is 0 Å². The molecule has 0 radical (unpaired) electrons. The Balaban J connectivity index is 0.000000641. The first-order chi connectivity index (χ1) is 28.0. The number of nitrogens with one attached hydrogen (secondary N) is 2. The number of hydrogen-bond donors (Lipinski definition) is 2. The first-order valence-corrected chi connectivity index (χ1v) is 20.8. The topological polar surface area (TPSA) is 135 Å². The van der Waals surface area contributed by atoms with Gasteiger partial charge in [0.05, 0.1) is 22.4 Å². The zero-order valence-electron chi connectivity index (χ0n) is 34.9. The molecule has 0 aliphatic carbocycles. The molecule has 10 nitrogen and oxygen atoms in total. The van der Waals surface area contributed by atoms with Gasteiger partial charge in [-0.1, -0.05) is 55.5 Å². The highest BCUT2D eigenvalue weighted by molar-refractivity contribution is 7.09. The molecule has 0 saturated carbocycles. The zero-order chi connectivity index (χ0) is 42.5. The Hall–Kier alpha value is -6.02. The lowest BCUT2D eigenvalue weighted by molar-refractivity contribution is 1.15. The van der Waals surface area contributed by atoms with Gasteiger partial charge >= 0.3 is 0 Å². The van der Waals surface area contributed by atoms with Crippen LogP contribution in [0.25, 0.3) is 0 Å². The van der Waals surface area contributed by atoms with Crippen LogP contribution in [0.3, 0.4) is 0 Å². The normalized spacial score (nSPS) is 8.63. The Labute approximate surface area is 364 Å². The summed E-state index contributed by atoms with van der Waals surface area (Å²) in [6.45, 7) is 18.0. The highest BCUT2D eigenvalue weighted by Gasteiger charge is 1.79. The molecule has 0 amide bonds. The van der Waals surface area contributed by atoms with Crippen LogP contribution in [-0.2, 0) is 0 Å². The van der Waals surface area contributed by atoms with E-state index in [1.165, 1.54) is 21.6 Å². The monoisotopic (exact) mass is 848 g/mol. The molecular formula is C46H60N10S3. The van der Waals surface area contributed by atoms with E-state index >= 15 is 0 Å². The molecule has 0 aliphatic rings. The van der Waals surface area contributed by atoms with Gasteiger partial charge in [0.15, 0.2) is 0 Å². The minimum Gasteiger partial charge on any atom is -0.349 e. The maximum absolute atomic E-state index is 3.98. The first-order valence-electron chi connectivity index (χ1n) is 18.1. The summed E-state index contributed by atoms with van der Waals surface area (Å²) in [6, 6.07) is 24.0. The van der Waals surface area contributed by atoms with Crippen molar-refractivity contribution in [1.29, 1.82) is 0 Å². The van der Waals surface area contributed by atoms with E-state index < -0.39 is 0 Å². The molecule has 0 fully saturated rings. The van der Waals surface area contributed by atoms with Crippen molar-refractivity contribution >= 4 is 34.0 Å². The lowest BCUT2D eigenvalue weighted by atomic mass is 10.2. The maximum atomic E-state index is 3.98. The van der Waals surface area contributed by atoms with Crippen LogP contribution in [0.5, 0.6) is 0 Å². The lowest BCUT2D eigenvalue weighted by Crippen LogP contribution is -1.72. The van der Waals surface area contributed by atoms with Gasteiger partial charge in [-0.05, 0) is 104 Å². The minimum atomic E-state index is 0. The molecule has 0 unspecified atom stereocenters. The van der Waals surface area contributed by atoms with Crippen LogP contribution < -0.4 is 0 Å². The average molecular weight is 849 g/mol. The summed E-state index contributed by atoms with van der Waals surface area (Å²) in [7, 11) is 0. The summed E-state index contributed by atoms with van der Waals surface area (Å²) in [4.78, 5) is 38.1. The second kappa shape index (κ2) is 36.3. The van der Waals surface area contributed by atoms with Crippen molar-refractivity contribution < 1.29 is 0 Å². The van der Waals surface area contributed by atoms with E-state index in [0.717, 1.165) is 27.9 Å². The van der Waals surface area contributed by atoms with E-state index in [4.69, 9.17) is 0 Å². The van der Waals surface area contributed by atoms with E-state index in [9.17, 15) is 0 Å². The van der Waals surface area contributed by atoms with E-state index in [0.29, 0.717) is 0 Å². The summed E-state index contributed by atoms with van der Waals surface area (Å²) >= 11 is 4.96. The van der Waals surface area contributed by atoms with Crippen molar-refractivity contribution in [1.82, 2.24) is 49.8 Å². The predicted octanol–water partition coefficient (Wildman–Crippen LogP) is 12.6. The highest BCUT2D eigenvalue weighted by atomic mass is 32.1. The van der Waals surface area contributed by atoms with Gasteiger partial charge in [0.1, 0.15) is 5.82 Å². The van der Waals surface area contributed by atoms with E-state index in [-0.39, 0.29) is 7.43 Å².